The van der Waals surface area contributed by atoms with Crippen LogP contribution in [0.3, 0.4) is 0 Å². The molecule has 1 aliphatic heterocycles. The van der Waals surface area contributed by atoms with Gasteiger partial charge in [-0.25, -0.2) is 9.37 Å². The number of hydrogen-bond donors (Lipinski definition) is 1. The molecule has 1 unspecified atom stereocenters. The fourth-order valence-electron chi connectivity index (χ4n) is 3.45. The molecule has 0 aliphatic carbocycles. The molecule has 2 aromatic carbocycles. The summed E-state index contributed by atoms with van der Waals surface area (Å²) in [5.74, 6) is 1.31. The maximum Gasteiger partial charge on any atom is 0.224 e. The van der Waals surface area contributed by atoms with Crippen LogP contribution in [0.15, 0.2) is 60.8 Å². The Morgan fingerprint density at radius 2 is 1.92 bits per heavy atom. The largest absolute Gasteiger partial charge is 0.354 e. The maximum absolute atomic E-state index is 13.0. The van der Waals surface area contributed by atoms with Gasteiger partial charge in [-0.3, -0.25) is 0 Å². The van der Waals surface area contributed by atoms with Gasteiger partial charge < -0.3 is 10.2 Å². The first-order chi connectivity index (χ1) is 12.7. The van der Waals surface area contributed by atoms with Gasteiger partial charge in [0.25, 0.3) is 0 Å². The molecule has 26 heavy (non-hydrogen) atoms. The summed E-state index contributed by atoms with van der Waals surface area (Å²) in [5, 5.41) is 3.27. The van der Waals surface area contributed by atoms with Crippen LogP contribution in [0.2, 0.25) is 0 Å². The Bertz CT molecular complexity index is 895. The Morgan fingerprint density at radius 3 is 2.77 bits per heavy atom. The minimum absolute atomic E-state index is 0.210. The van der Waals surface area contributed by atoms with E-state index < -0.39 is 0 Å². The van der Waals surface area contributed by atoms with Gasteiger partial charge in [-0.05, 0) is 55.2 Å². The molecule has 2 heterocycles. The summed E-state index contributed by atoms with van der Waals surface area (Å²) in [7, 11) is 0. The van der Waals surface area contributed by atoms with Gasteiger partial charge in [-0.2, -0.15) is 4.98 Å². The molecule has 1 N–H and O–H groups in total. The lowest BCUT2D eigenvalue weighted by atomic mass is 10.1. The number of hydrogen-bond acceptors (Lipinski definition) is 4. The molecule has 5 heteroatoms. The van der Waals surface area contributed by atoms with Crippen molar-refractivity contribution in [1.82, 2.24) is 9.97 Å². The molecule has 1 atom stereocenters. The number of anilines is 3. The molecule has 4 rings (SSSR count). The van der Waals surface area contributed by atoms with Crippen LogP contribution >= 0.6 is 0 Å². The number of benzene rings is 2. The van der Waals surface area contributed by atoms with E-state index in [-0.39, 0.29) is 5.82 Å². The second-order valence-corrected chi connectivity index (χ2v) is 6.59. The zero-order valence-electron chi connectivity index (χ0n) is 14.7. The summed E-state index contributed by atoms with van der Waals surface area (Å²) in [6.45, 7) is 2.91. The van der Waals surface area contributed by atoms with Crippen molar-refractivity contribution in [1.29, 1.82) is 0 Å². The summed E-state index contributed by atoms with van der Waals surface area (Å²) >= 11 is 0. The average molecular weight is 348 g/mol. The highest BCUT2D eigenvalue weighted by Gasteiger charge is 2.27. The van der Waals surface area contributed by atoms with E-state index in [0.29, 0.717) is 18.5 Å². The zero-order chi connectivity index (χ0) is 17.9. The molecule has 0 fully saturated rings. The predicted octanol–water partition coefficient (Wildman–Crippen LogP) is 4.35. The number of halogens is 1. The van der Waals surface area contributed by atoms with E-state index in [1.54, 1.807) is 18.3 Å². The van der Waals surface area contributed by atoms with Gasteiger partial charge in [0.15, 0.2) is 0 Å². The van der Waals surface area contributed by atoms with Crippen LogP contribution in [-0.2, 0) is 12.8 Å². The zero-order valence-corrected chi connectivity index (χ0v) is 14.7. The first-order valence-corrected chi connectivity index (χ1v) is 8.89. The molecule has 132 valence electrons. The third kappa shape index (κ3) is 3.38. The minimum atomic E-state index is -0.210. The fourth-order valence-corrected chi connectivity index (χ4v) is 3.45. The lowest BCUT2D eigenvalue weighted by molar-refractivity contribution is 0.627. The third-order valence-electron chi connectivity index (χ3n) is 4.70. The number of aromatic nitrogens is 2. The van der Waals surface area contributed by atoms with Crippen LogP contribution in [0.1, 0.15) is 18.1 Å². The van der Waals surface area contributed by atoms with Crippen LogP contribution in [0, 0.1) is 5.82 Å². The quantitative estimate of drug-likeness (QED) is 0.744. The Kier molecular flexibility index (Phi) is 4.52. The predicted molar refractivity (Wildman–Crippen MR) is 102 cm³/mol. The molecule has 0 spiro atoms. The van der Waals surface area contributed by atoms with Gasteiger partial charge in [0.05, 0.1) is 0 Å². The fraction of sp³-hybridized carbons (Fsp3) is 0.238. The number of para-hydroxylation sites is 1. The number of nitrogens with one attached hydrogen (secondary N) is 1. The van der Waals surface area contributed by atoms with Gasteiger partial charge in [0, 0.05) is 24.5 Å². The molecule has 0 saturated carbocycles. The van der Waals surface area contributed by atoms with E-state index in [1.165, 1.54) is 23.4 Å². The third-order valence-corrected chi connectivity index (χ3v) is 4.70. The van der Waals surface area contributed by atoms with E-state index in [0.717, 1.165) is 24.2 Å². The van der Waals surface area contributed by atoms with E-state index in [1.807, 2.05) is 6.07 Å². The highest BCUT2D eigenvalue weighted by Crippen LogP contribution is 2.37. The SMILES string of the molecule is CC1Cc2ccccc2N1c1ccnc(NCCc2ccc(F)cc2)n1. The molecule has 3 aromatic rings. The summed E-state index contributed by atoms with van der Waals surface area (Å²) in [5.41, 5.74) is 3.65. The second kappa shape index (κ2) is 7.12. The van der Waals surface area contributed by atoms with Crippen LogP contribution in [0.4, 0.5) is 21.8 Å². The highest BCUT2D eigenvalue weighted by atomic mass is 19.1. The van der Waals surface area contributed by atoms with Crippen molar-refractivity contribution in [2.75, 3.05) is 16.8 Å². The van der Waals surface area contributed by atoms with Crippen LogP contribution in [-0.4, -0.2) is 22.6 Å². The van der Waals surface area contributed by atoms with Crippen molar-refractivity contribution in [3.05, 3.63) is 77.7 Å². The maximum atomic E-state index is 13.0. The van der Waals surface area contributed by atoms with Crippen molar-refractivity contribution in [3.8, 4) is 0 Å². The standard InChI is InChI=1S/C21H21FN4/c1-15-14-17-4-2-3-5-19(17)26(15)20-11-13-24-21(25-20)23-12-10-16-6-8-18(22)9-7-16/h2-9,11,13,15H,10,12,14H2,1H3,(H,23,24,25). The van der Waals surface area contributed by atoms with Gasteiger partial charge in [-0.1, -0.05) is 30.3 Å². The van der Waals surface area contributed by atoms with Gasteiger partial charge in [0.2, 0.25) is 5.95 Å². The number of rotatable bonds is 5. The van der Waals surface area contributed by atoms with Crippen LogP contribution < -0.4 is 10.2 Å². The van der Waals surface area contributed by atoms with Crippen molar-refractivity contribution in [3.63, 3.8) is 0 Å². The molecule has 1 aromatic heterocycles. The number of nitrogens with zero attached hydrogens (tertiary/aromatic N) is 3. The monoisotopic (exact) mass is 348 g/mol. The summed E-state index contributed by atoms with van der Waals surface area (Å²) in [6.07, 6.45) is 3.60. The van der Waals surface area contributed by atoms with Gasteiger partial charge >= 0.3 is 0 Å². The van der Waals surface area contributed by atoms with Gasteiger partial charge in [0.1, 0.15) is 11.6 Å². The Morgan fingerprint density at radius 1 is 1.12 bits per heavy atom. The van der Waals surface area contributed by atoms with Crippen molar-refractivity contribution in [2.24, 2.45) is 0 Å². The minimum Gasteiger partial charge on any atom is -0.354 e. The van der Waals surface area contributed by atoms with Crippen molar-refractivity contribution < 1.29 is 4.39 Å². The van der Waals surface area contributed by atoms with Gasteiger partial charge in [-0.15, -0.1) is 0 Å². The van der Waals surface area contributed by atoms with Crippen LogP contribution in [0.25, 0.3) is 0 Å². The molecule has 0 bridgehead atoms. The van der Waals surface area contributed by atoms with E-state index in [4.69, 9.17) is 4.98 Å². The Labute approximate surface area is 152 Å². The Hall–Kier alpha value is -2.95. The lowest BCUT2D eigenvalue weighted by Gasteiger charge is -2.24. The molecule has 4 nitrogen and oxygen atoms in total. The summed E-state index contributed by atoms with van der Waals surface area (Å²) < 4.78 is 13.0. The first kappa shape index (κ1) is 16.5. The second-order valence-electron chi connectivity index (χ2n) is 6.59. The Balaban J connectivity index is 1.46. The summed E-state index contributed by atoms with van der Waals surface area (Å²) in [6, 6.07) is 17.4. The normalized spacial score (nSPS) is 15.8. The topological polar surface area (TPSA) is 41.1 Å². The molecule has 1 aliphatic rings. The van der Waals surface area contributed by atoms with Crippen molar-refractivity contribution in [2.45, 2.75) is 25.8 Å². The summed E-state index contributed by atoms with van der Waals surface area (Å²) in [4.78, 5) is 11.3. The van der Waals surface area contributed by atoms with E-state index in [2.05, 4.69) is 46.4 Å². The highest BCUT2D eigenvalue weighted by molar-refractivity contribution is 5.69. The molecule has 0 radical (unpaired) electrons. The lowest BCUT2D eigenvalue weighted by Crippen LogP contribution is -2.25. The van der Waals surface area contributed by atoms with Crippen LogP contribution in [0.5, 0.6) is 0 Å². The van der Waals surface area contributed by atoms with E-state index in [9.17, 15) is 4.39 Å². The molecule has 0 saturated heterocycles. The molecular weight excluding hydrogens is 327 g/mol. The molecule has 0 amide bonds. The smallest absolute Gasteiger partial charge is 0.224 e. The average Bonchev–Trinajstić information content (AvgIpc) is 2.99. The number of fused-ring (bicyclic) bond motifs is 1. The first-order valence-electron chi connectivity index (χ1n) is 8.89. The van der Waals surface area contributed by atoms with Crippen molar-refractivity contribution >= 4 is 17.5 Å². The molecular formula is C21H21FN4. The van der Waals surface area contributed by atoms with E-state index >= 15 is 0 Å².